The van der Waals surface area contributed by atoms with Gasteiger partial charge >= 0.3 is 0 Å². The van der Waals surface area contributed by atoms with Crippen LogP contribution in [0.5, 0.6) is 23.0 Å². The minimum absolute atomic E-state index is 0.0203. The smallest absolute Gasteiger partial charge is 0.261 e. The van der Waals surface area contributed by atoms with E-state index in [1.165, 1.54) is 12.3 Å². The van der Waals surface area contributed by atoms with E-state index in [1.54, 1.807) is 48.8 Å². The van der Waals surface area contributed by atoms with E-state index < -0.39 is 11.7 Å². The number of nitrogens with zero attached hydrogens (tertiary/aromatic N) is 2. The highest BCUT2D eigenvalue weighted by molar-refractivity contribution is 7.27. The van der Waals surface area contributed by atoms with Crippen LogP contribution in [0.3, 0.4) is 0 Å². The first kappa shape index (κ1) is 24.9. The van der Waals surface area contributed by atoms with Gasteiger partial charge in [-0.15, -0.1) is 9.24 Å². The molecule has 10 heteroatoms. The summed E-state index contributed by atoms with van der Waals surface area (Å²) in [5.41, 5.74) is 6.95. The normalized spacial score (nSPS) is 13.7. The van der Waals surface area contributed by atoms with E-state index >= 15 is 4.39 Å². The number of pyridine rings is 2. The molecule has 1 aliphatic rings. The van der Waals surface area contributed by atoms with Crippen molar-refractivity contribution in [2.24, 2.45) is 5.73 Å². The van der Waals surface area contributed by atoms with E-state index in [0.29, 0.717) is 40.1 Å². The molecule has 0 radical (unpaired) electrons. The minimum Gasteiger partial charge on any atom is -0.492 e. The Kier molecular flexibility index (Phi) is 7.17. The highest BCUT2D eigenvalue weighted by Gasteiger charge is 2.26. The number of aromatic nitrogens is 2. The molecule has 37 heavy (non-hydrogen) atoms. The predicted molar refractivity (Wildman–Crippen MR) is 143 cm³/mol. The van der Waals surface area contributed by atoms with Gasteiger partial charge in [0.25, 0.3) is 5.91 Å². The Balaban J connectivity index is 1.35. The van der Waals surface area contributed by atoms with Crippen LogP contribution in [0.4, 0.5) is 10.1 Å². The van der Waals surface area contributed by atoms with Gasteiger partial charge in [-0.1, -0.05) is 0 Å². The molecule has 0 bridgehead atoms. The third-order valence-electron chi connectivity index (χ3n) is 5.57. The standard InChI is InChI=1S/C27H26FN4O4P/c1-15(29)14-34-18-4-5-19-22(12-18)31-9-7-23(19)36-26-21(28)10-16(11-25(26)37)32-27(33)20-13-30-8-6-24(20)35-17-2-3-17/h4-13,15,17H,2-3,14,29,37H2,1H3,(H,32,33)/t15-/m1/s1. The molecule has 0 aliphatic heterocycles. The van der Waals surface area contributed by atoms with Gasteiger partial charge in [-0.05, 0) is 50.1 Å². The summed E-state index contributed by atoms with van der Waals surface area (Å²) < 4.78 is 32.6. The number of hydrogen-bond donors (Lipinski definition) is 2. The van der Waals surface area contributed by atoms with Crippen molar-refractivity contribution in [2.45, 2.75) is 31.9 Å². The SMILES string of the molecule is C[C@@H](N)COc1ccc2c(Oc3c(F)cc(NC(=O)c4cnccc4OC4CC4)cc3P)ccnc2c1. The number of carbonyl (C=O) groups is 1. The molecule has 2 aromatic carbocycles. The second-order valence-corrected chi connectivity index (χ2v) is 9.52. The fourth-order valence-corrected chi connectivity index (χ4v) is 4.01. The number of rotatable bonds is 9. The molecular formula is C27H26FN4O4P. The van der Waals surface area contributed by atoms with E-state index in [4.69, 9.17) is 19.9 Å². The van der Waals surface area contributed by atoms with Gasteiger partial charge in [-0.25, -0.2) is 4.39 Å². The molecule has 1 fully saturated rings. The molecule has 1 saturated carbocycles. The summed E-state index contributed by atoms with van der Waals surface area (Å²) in [4.78, 5) is 21.3. The Morgan fingerprint density at radius 1 is 1.19 bits per heavy atom. The summed E-state index contributed by atoms with van der Waals surface area (Å²) in [5.74, 6) is 0.463. The second-order valence-electron chi connectivity index (χ2n) is 8.90. The van der Waals surface area contributed by atoms with Gasteiger partial charge in [0.2, 0.25) is 0 Å². The summed E-state index contributed by atoms with van der Waals surface area (Å²) in [6.45, 7) is 2.23. The Morgan fingerprint density at radius 3 is 2.76 bits per heavy atom. The highest BCUT2D eigenvalue weighted by atomic mass is 31.0. The van der Waals surface area contributed by atoms with Gasteiger partial charge in [0, 0.05) is 53.1 Å². The van der Waals surface area contributed by atoms with Gasteiger partial charge < -0.3 is 25.3 Å². The molecule has 1 unspecified atom stereocenters. The highest BCUT2D eigenvalue weighted by Crippen LogP contribution is 2.33. The van der Waals surface area contributed by atoms with Crippen LogP contribution in [0.15, 0.2) is 61.1 Å². The largest absolute Gasteiger partial charge is 0.492 e. The predicted octanol–water partition coefficient (Wildman–Crippen LogP) is 4.58. The zero-order valence-electron chi connectivity index (χ0n) is 20.1. The van der Waals surface area contributed by atoms with Crippen molar-refractivity contribution in [1.82, 2.24) is 9.97 Å². The third-order valence-corrected chi connectivity index (χ3v) is 6.00. The third kappa shape index (κ3) is 5.96. The Labute approximate surface area is 215 Å². The lowest BCUT2D eigenvalue weighted by atomic mass is 10.2. The van der Waals surface area contributed by atoms with Crippen molar-refractivity contribution < 1.29 is 23.4 Å². The van der Waals surface area contributed by atoms with Crippen LogP contribution in [0.2, 0.25) is 0 Å². The summed E-state index contributed by atoms with van der Waals surface area (Å²) in [7, 11) is 2.45. The molecule has 2 heterocycles. The number of nitrogens with one attached hydrogen (secondary N) is 1. The van der Waals surface area contributed by atoms with Crippen LogP contribution in [-0.4, -0.2) is 34.6 Å². The quantitative estimate of drug-likeness (QED) is 0.311. The maximum atomic E-state index is 15.2. The molecule has 1 aliphatic carbocycles. The number of halogens is 1. The number of fused-ring (bicyclic) bond motifs is 1. The van der Waals surface area contributed by atoms with Crippen molar-refractivity contribution in [2.75, 3.05) is 11.9 Å². The maximum Gasteiger partial charge on any atom is 0.261 e. The van der Waals surface area contributed by atoms with Crippen molar-refractivity contribution in [3.63, 3.8) is 0 Å². The summed E-state index contributed by atoms with van der Waals surface area (Å²) in [6, 6.07) is 11.4. The number of carbonyl (C=O) groups excluding carboxylic acids is 1. The van der Waals surface area contributed by atoms with Gasteiger partial charge in [-0.3, -0.25) is 14.8 Å². The zero-order chi connectivity index (χ0) is 25.9. The van der Waals surface area contributed by atoms with Crippen molar-refractivity contribution in [3.05, 3.63) is 72.4 Å². The summed E-state index contributed by atoms with van der Waals surface area (Å²) in [5, 5.41) is 3.84. The molecule has 8 nitrogen and oxygen atoms in total. The first-order valence-electron chi connectivity index (χ1n) is 11.8. The minimum atomic E-state index is -0.634. The average molecular weight is 521 g/mol. The van der Waals surface area contributed by atoms with Crippen LogP contribution in [-0.2, 0) is 0 Å². The number of benzene rings is 2. The number of amides is 1. The molecule has 4 aromatic rings. The lowest BCUT2D eigenvalue weighted by Crippen LogP contribution is -2.23. The van der Waals surface area contributed by atoms with Crippen molar-refractivity contribution in [1.29, 1.82) is 0 Å². The molecule has 2 aromatic heterocycles. The first-order chi connectivity index (χ1) is 17.9. The van der Waals surface area contributed by atoms with Crippen LogP contribution in [0, 0.1) is 5.82 Å². The summed E-state index contributed by atoms with van der Waals surface area (Å²) >= 11 is 0. The number of nitrogens with two attached hydrogens (primary N) is 1. The molecule has 0 spiro atoms. The van der Waals surface area contributed by atoms with E-state index in [9.17, 15) is 4.79 Å². The number of hydrogen-bond acceptors (Lipinski definition) is 7. The van der Waals surface area contributed by atoms with E-state index in [0.717, 1.165) is 12.8 Å². The number of anilines is 1. The van der Waals surface area contributed by atoms with Gasteiger partial charge in [0.1, 0.15) is 23.9 Å². The maximum absolute atomic E-state index is 15.2. The Hall–Kier alpha value is -3.81. The van der Waals surface area contributed by atoms with E-state index in [1.807, 2.05) is 6.92 Å². The fourth-order valence-electron chi connectivity index (χ4n) is 3.63. The molecule has 190 valence electrons. The molecular weight excluding hydrogens is 494 g/mol. The molecule has 0 saturated heterocycles. The van der Waals surface area contributed by atoms with Gasteiger partial charge in [-0.2, -0.15) is 0 Å². The second kappa shape index (κ2) is 10.7. The molecule has 3 N–H and O–H groups in total. The fraction of sp³-hybridized carbons (Fsp3) is 0.222. The topological polar surface area (TPSA) is 109 Å². The van der Waals surface area contributed by atoms with E-state index in [-0.39, 0.29) is 29.1 Å². The molecule has 2 atom stereocenters. The van der Waals surface area contributed by atoms with Crippen molar-refractivity contribution in [3.8, 4) is 23.0 Å². The van der Waals surface area contributed by atoms with Gasteiger partial charge in [0.05, 0.1) is 17.2 Å². The van der Waals surface area contributed by atoms with Crippen molar-refractivity contribution >= 4 is 37.0 Å². The average Bonchev–Trinajstić information content (AvgIpc) is 3.69. The van der Waals surface area contributed by atoms with Crippen LogP contribution in [0.25, 0.3) is 10.9 Å². The van der Waals surface area contributed by atoms with Gasteiger partial charge in [0.15, 0.2) is 11.6 Å². The van der Waals surface area contributed by atoms with Crippen LogP contribution >= 0.6 is 9.24 Å². The van der Waals surface area contributed by atoms with Crippen LogP contribution in [0.1, 0.15) is 30.1 Å². The monoisotopic (exact) mass is 520 g/mol. The zero-order valence-corrected chi connectivity index (χ0v) is 21.3. The Bertz CT molecular complexity index is 1440. The van der Waals surface area contributed by atoms with Crippen LogP contribution < -0.4 is 30.6 Å². The lowest BCUT2D eigenvalue weighted by Gasteiger charge is -2.15. The first-order valence-corrected chi connectivity index (χ1v) is 12.4. The molecule has 1 amide bonds. The van der Waals surface area contributed by atoms with E-state index in [2.05, 4.69) is 24.5 Å². The lowest BCUT2D eigenvalue weighted by molar-refractivity contribution is 0.102. The Morgan fingerprint density at radius 2 is 2.00 bits per heavy atom. The molecule has 5 rings (SSSR count). The number of ether oxygens (including phenoxy) is 3. The summed E-state index contributed by atoms with van der Waals surface area (Å²) in [6.07, 6.45) is 6.63.